The highest BCUT2D eigenvalue weighted by atomic mass is 16.2. The summed E-state index contributed by atoms with van der Waals surface area (Å²) in [6, 6.07) is 1.78. The predicted molar refractivity (Wildman–Crippen MR) is 60.6 cm³/mol. The smallest absolute Gasteiger partial charge is 0.219 e. The molecule has 3 heteroatoms. The number of nitrogens with one attached hydrogen (secondary N) is 1. The van der Waals surface area contributed by atoms with Crippen LogP contribution in [0.2, 0.25) is 0 Å². The maximum atomic E-state index is 11.6. The minimum Gasteiger partial charge on any atom is -0.337 e. The Kier molecular flexibility index (Phi) is 3.29. The van der Waals surface area contributed by atoms with E-state index in [1.165, 1.54) is 38.5 Å². The van der Waals surface area contributed by atoms with E-state index in [-0.39, 0.29) is 5.91 Å². The molecule has 86 valence electrons. The van der Waals surface area contributed by atoms with Crippen molar-refractivity contribution in [3.05, 3.63) is 0 Å². The highest BCUT2D eigenvalue weighted by molar-refractivity contribution is 5.74. The Hall–Kier alpha value is -0.570. The second kappa shape index (κ2) is 4.52. The van der Waals surface area contributed by atoms with Crippen molar-refractivity contribution >= 4 is 5.91 Å². The third kappa shape index (κ3) is 2.51. The first-order chi connectivity index (χ1) is 7.22. The lowest BCUT2D eigenvalue weighted by atomic mass is 9.90. The van der Waals surface area contributed by atoms with E-state index < -0.39 is 0 Å². The molecule has 0 unspecified atom stereocenters. The summed E-state index contributed by atoms with van der Waals surface area (Å²) in [7, 11) is 2.04. The molecule has 2 rings (SSSR count). The van der Waals surface area contributed by atoms with Crippen molar-refractivity contribution in [1.82, 2.24) is 10.2 Å². The lowest BCUT2D eigenvalue weighted by molar-refractivity contribution is -0.132. The average Bonchev–Trinajstić information content (AvgIpc) is 3.03. The molecule has 0 bridgehead atoms. The fraction of sp³-hybridized carbons (Fsp3) is 0.917. The van der Waals surface area contributed by atoms with E-state index in [9.17, 15) is 4.79 Å². The van der Waals surface area contributed by atoms with Gasteiger partial charge in [0.1, 0.15) is 0 Å². The molecule has 15 heavy (non-hydrogen) atoms. The fourth-order valence-electron chi connectivity index (χ4n) is 2.81. The number of hydrogen-bond donors (Lipinski definition) is 1. The Morgan fingerprint density at radius 1 is 1.07 bits per heavy atom. The van der Waals surface area contributed by atoms with E-state index in [4.69, 9.17) is 0 Å². The van der Waals surface area contributed by atoms with Gasteiger partial charge in [0.15, 0.2) is 0 Å². The summed E-state index contributed by atoms with van der Waals surface area (Å²) in [6.45, 7) is 1.72. The molecule has 2 saturated carbocycles. The highest BCUT2D eigenvalue weighted by Crippen LogP contribution is 2.33. The number of carbonyl (C=O) groups excluding carboxylic acids is 1. The second-order valence-electron chi connectivity index (χ2n) is 4.95. The molecule has 0 aromatic rings. The fourth-order valence-corrected chi connectivity index (χ4v) is 2.81. The maximum Gasteiger partial charge on any atom is 0.219 e. The van der Waals surface area contributed by atoms with E-state index in [1.54, 1.807) is 6.92 Å². The maximum absolute atomic E-state index is 11.6. The quantitative estimate of drug-likeness (QED) is 0.766. The Balaban J connectivity index is 1.89. The van der Waals surface area contributed by atoms with Gasteiger partial charge in [-0.1, -0.05) is 0 Å². The Morgan fingerprint density at radius 3 is 1.87 bits per heavy atom. The van der Waals surface area contributed by atoms with Crippen molar-refractivity contribution in [1.29, 1.82) is 0 Å². The molecule has 1 amide bonds. The minimum absolute atomic E-state index is 0.283. The summed E-state index contributed by atoms with van der Waals surface area (Å²) in [5.41, 5.74) is 0. The second-order valence-corrected chi connectivity index (χ2v) is 4.95. The zero-order chi connectivity index (χ0) is 10.8. The molecule has 3 nitrogen and oxygen atoms in total. The first-order valence-electron chi connectivity index (χ1n) is 6.18. The molecule has 0 saturated heterocycles. The van der Waals surface area contributed by atoms with Gasteiger partial charge in [-0.15, -0.1) is 0 Å². The summed E-state index contributed by atoms with van der Waals surface area (Å²) in [6.07, 6.45) is 7.26. The zero-order valence-corrected chi connectivity index (χ0v) is 9.83. The first-order valence-corrected chi connectivity index (χ1v) is 6.18. The van der Waals surface area contributed by atoms with E-state index in [2.05, 4.69) is 10.2 Å². The van der Waals surface area contributed by atoms with Crippen LogP contribution in [0, 0.1) is 0 Å². The molecule has 1 N–H and O–H groups in total. The Labute approximate surface area is 92.2 Å². The molecular formula is C12H22N2O. The van der Waals surface area contributed by atoms with Crippen molar-refractivity contribution in [3.63, 3.8) is 0 Å². The number of amides is 1. The zero-order valence-electron chi connectivity index (χ0n) is 9.83. The van der Waals surface area contributed by atoms with Crippen LogP contribution in [0.15, 0.2) is 0 Å². The van der Waals surface area contributed by atoms with Crippen molar-refractivity contribution in [2.75, 3.05) is 7.05 Å². The van der Waals surface area contributed by atoms with Crippen LogP contribution in [0.3, 0.4) is 0 Å². The lowest BCUT2D eigenvalue weighted by Gasteiger charge is -2.36. The molecular weight excluding hydrogens is 188 g/mol. The highest BCUT2D eigenvalue weighted by Gasteiger charge is 2.36. The lowest BCUT2D eigenvalue weighted by Crippen LogP contribution is -2.45. The van der Waals surface area contributed by atoms with Gasteiger partial charge in [-0.2, -0.15) is 0 Å². The van der Waals surface area contributed by atoms with Gasteiger partial charge in [0.05, 0.1) is 0 Å². The molecule has 2 fully saturated rings. The van der Waals surface area contributed by atoms with Gasteiger partial charge in [-0.05, 0) is 45.6 Å². The molecule has 0 atom stereocenters. The molecule has 0 radical (unpaired) electrons. The van der Waals surface area contributed by atoms with Crippen molar-refractivity contribution < 1.29 is 4.79 Å². The topological polar surface area (TPSA) is 32.3 Å². The molecule has 0 aromatic carbocycles. The molecule has 0 aromatic heterocycles. The van der Waals surface area contributed by atoms with Crippen LogP contribution in [0.5, 0.6) is 0 Å². The summed E-state index contributed by atoms with van der Waals surface area (Å²) in [5, 5.41) is 3.33. The average molecular weight is 210 g/mol. The van der Waals surface area contributed by atoms with Crippen LogP contribution < -0.4 is 5.32 Å². The van der Waals surface area contributed by atoms with Gasteiger partial charge in [0.2, 0.25) is 5.91 Å². The largest absolute Gasteiger partial charge is 0.337 e. The molecule has 2 aliphatic carbocycles. The summed E-state index contributed by atoms with van der Waals surface area (Å²) >= 11 is 0. The summed E-state index contributed by atoms with van der Waals surface area (Å²) in [5.74, 6) is 0.283. The normalized spacial score (nSPS) is 31.3. The Morgan fingerprint density at radius 2 is 1.53 bits per heavy atom. The summed E-state index contributed by atoms with van der Waals surface area (Å²) in [4.78, 5) is 13.7. The van der Waals surface area contributed by atoms with Gasteiger partial charge >= 0.3 is 0 Å². The van der Waals surface area contributed by atoms with Gasteiger partial charge < -0.3 is 10.2 Å². The van der Waals surface area contributed by atoms with Crippen LogP contribution in [0.4, 0.5) is 0 Å². The van der Waals surface area contributed by atoms with E-state index >= 15 is 0 Å². The number of nitrogens with zero attached hydrogens (tertiary/aromatic N) is 1. The van der Waals surface area contributed by atoms with Gasteiger partial charge in [-0.3, -0.25) is 4.79 Å². The third-order valence-corrected chi connectivity index (χ3v) is 3.80. The molecule has 0 aliphatic heterocycles. The number of rotatable bonds is 3. The number of hydrogen-bond acceptors (Lipinski definition) is 2. The van der Waals surface area contributed by atoms with Crippen molar-refractivity contribution in [3.8, 4) is 0 Å². The number of carbonyl (C=O) groups is 1. The Bertz CT molecular complexity index is 230. The van der Waals surface area contributed by atoms with Crippen LogP contribution in [0.1, 0.15) is 45.4 Å². The van der Waals surface area contributed by atoms with E-state index in [1.807, 2.05) is 7.05 Å². The predicted octanol–water partition coefficient (Wildman–Crippen LogP) is 1.53. The third-order valence-electron chi connectivity index (χ3n) is 3.80. The van der Waals surface area contributed by atoms with Gasteiger partial charge in [-0.25, -0.2) is 0 Å². The van der Waals surface area contributed by atoms with E-state index in [0.29, 0.717) is 18.1 Å². The van der Waals surface area contributed by atoms with Crippen LogP contribution in [-0.4, -0.2) is 36.0 Å². The molecule has 0 heterocycles. The van der Waals surface area contributed by atoms with Crippen LogP contribution in [-0.2, 0) is 4.79 Å². The SMILES string of the molecule is CNC1CCC(N(C(C)=O)C2CC2)CC1. The first kappa shape index (κ1) is 10.9. The minimum atomic E-state index is 0.283. The van der Waals surface area contributed by atoms with Gasteiger partial charge in [0, 0.05) is 25.0 Å². The monoisotopic (exact) mass is 210 g/mol. The molecule has 0 spiro atoms. The van der Waals surface area contributed by atoms with Crippen LogP contribution in [0.25, 0.3) is 0 Å². The standard InChI is InChI=1S/C12H22N2O/c1-9(15)14(12-7-8-12)11-5-3-10(13-2)4-6-11/h10-13H,3-8H2,1-2H3. The van der Waals surface area contributed by atoms with Crippen LogP contribution >= 0.6 is 0 Å². The molecule has 2 aliphatic rings. The summed E-state index contributed by atoms with van der Waals surface area (Å²) < 4.78 is 0. The van der Waals surface area contributed by atoms with Crippen molar-refractivity contribution in [2.45, 2.75) is 63.6 Å². The van der Waals surface area contributed by atoms with E-state index in [0.717, 1.165) is 0 Å². The van der Waals surface area contributed by atoms with Crippen molar-refractivity contribution in [2.24, 2.45) is 0 Å². The van der Waals surface area contributed by atoms with Gasteiger partial charge in [0.25, 0.3) is 0 Å².